The second-order valence-corrected chi connectivity index (χ2v) is 8.08. The van der Waals surface area contributed by atoms with Gasteiger partial charge in [-0.15, -0.1) is 0 Å². The van der Waals surface area contributed by atoms with Crippen molar-refractivity contribution in [2.75, 3.05) is 50.7 Å². The van der Waals surface area contributed by atoms with Crippen molar-refractivity contribution >= 4 is 38.8 Å². The molecule has 0 saturated carbocycles. The summed E-state index contributed by atoms with van der Waals surface area (Å²) in [7, 11) is 3.21. The van der Waals surface area contributed by atoms with Gasteiger partial charge in [0.1, 0.15) is 5.69 Å². The van der Waals surface area contributed by atoms with Gasteiger partial charge < -0.3 is 19.7 Å². The molecule has 2 aromatic rings. The van der Waals surface area contributed by atoms with E-state index in [-0.39, 0.29) is 11.5 Å². The average molecular weight is 481 g/mol. The Kier molecular flexibility index (Phi) is 9.01. The second-order valence-electron chi connectivity index (χ2n) is 7.23. The number of pyridine rings is 1. The van der Waals surface area contributed by atoms with Crippen LogP contribution < -0.4 is 10.2 Å². The number of nitrogens with one attached hydrogen (secondary N) is 1. The van der Waals surface area contributed by atoms with Crippen LogP contribution >= 0.6 is 15.9 Å². The van der Waals surface area contributed by atoms with Crippen LogP contribution in [-0.4, -0.2) is 50.4 Å². The van der Waals surface area contributed by atoms with Crippen LogP contribution in [-0.2, 0) is 9.47 Å². The predicted octanol–water partition coefficient (Wildman–Crippen LogP) is 5.03. The highest BCUT2D eigenvalue weighted by molar-refractivity contribution is 9.10. The minimum Gasteiger partial charge on any atom is -0.383 e. The molecule has 0 aliphatic rings. The van der Waals surface area contributed by atoms with Crippen molar-refractivity contribution < 1.29 is 14.4 Å². The fourth-order valence-electron chi connectivity index (χ4n) is 3.03. The van der Waals surface area contributed by atoms with E-state index in [9.17, 15) is 10.1 Å². The predicted molar refractivity (Wildman–Crippen MR) is 123 cm³/mol. The van der Waals surface area contributed by atoms with Gasteiger partial charge in [-0.1, -0.05) is 19.9 Å². The summed E-state index contributed by atoms with van der Waals surface area (Å²) in [4.78, 5) is 18.0. The van der Waals surface area contributed by atoms with Gasteiger partial charge in [-0.05, 0) is 52.5 Å². The van der Waals surface area contributed by atoms with Gasteiger partial charge in [-0.2, -0.15) is 0 Å². The lowest BCUT2D eigenvalue weighted by atomic mass is 10.0. The smallest absolute Gasteiger partial charge is 0.334 e. The zero-order chi connectivity index (χ0) is 22.3. The molecule has 0 unspecified atom stereocenters. The maximum absolute atomic E-state index is 12.0. The maximum Gasteiger partial charge on any atom is 0.334 e. The van der Waals surface area contributed by atoms with Crippen molar-refractivity contribution in [3.63, 3.8) is 0 Å². The molecule has 0 spiro atoms. The van der Waals surface area contributed by atoms with Gasteiger partial charge in [0.2, 0.25) is 5.82 Å². The Bertz CT molecular complexity index is 868. The van der Waals surface area contributed by atoms with Gasteiger partial charge in [-0.25, -0.2) is 4.98 Å². The topological polar surface area (TPSA) is 89.8 Å². The van der Waals surface area contributed by atoms with Crippen molar-refractivity contribution in [3.05, 3.63) is 50.1 Å². The van der Waals surface area contributed by atoms with Gasteiger partial charge >= 0.3 is 5.69 Å². The van der Waals surface area contributed by atoms with Crippen LogP contribution in [0.15, 0.2) is 28.7 Å². The van der Waals surface area contributed by atoms with E-state index in [0.717, 1.165) is 4.47 Å². The fourth-order valence-corrected chi connectivity index (χ4v) is 3.53. The highest BCUT2D eigenvalue weighted by Gasteiger charge is 2.27. The number of anilines is 3. The summed E-state index contributed by atoms with van der Waals surface area (Å²) in [5.74, 6) is 0.580. The van der Waals surface area contributed by atoms with Crippen LogP contribution in [0.3, 0.4) is 0 Å². The third kappa shape index (κ3) is 6.13. The van der Waals surface area contributed by atoms with Crippen LogP contribution in [0.5, 0.6) is 0 Å². The first-order valence-corrected chi connectivity index (χ1v) is 10.5. The summed E-state index contributed by atoms with van der Waals surface area (Å²) in [6, 6.07) is 7.65. The number of halogens is 1. The van der Waals surface area contributed by atoms with Crippen LogP contribution in [0.2, 0.25) is 0 Å². The normalized spacial score (nSPS) is 11.0. The Hall–Kier alpha value is -2.23. The maximum atomic E-state index is 12.0. The molecule has 164 valence electrons. The number of methoxy groups -OCH3 is 2. The number of aryl methyl sites for hydroxylation is 1. The standard InChI is InChI=1S/C21H29BrN4O4/c1-14(2)16-6-7-18(17(22)13-16)24-21-20(26(27)28)19(12-15(3)23-21)25(8-10-29-4)9-11-30-5/h6-7,12-14H,8-11H2,1-5H3,(H,23,24). The Morgan fingerprint density at radius 1 is 1.20 bits per heavy atom. The van der Waals surface area contributed by atoms with E-state index in [0.29, 0.717) is 49.3 Å². The molecule has 0 aliphatic carbocycles. The number of nitrogens with zero attached hydrogens (tertiary/aromatic N) is 3. The number of rotatable bonds is 11. The van der Waals surface area contributed by atoms with E-state index >= 15 is 0 Å². The van der Waals surface area contributed by atoms with E-state index < -0.39 is 4.92 Å². The number of hydrogen-bond donors (Lipinski definition) is 1. The van der Waals surface area contributed by atoms with Gasteiger partial charge in [0.05, 0.1) is 23.8 Å². The Balaban J connectivity index is 2.51. The second kappa shape index (κ2) is 11.2. The Morgan fingerprint density at radius 2 is 1.83 bits per heavy atom. The first-order valence-electron chi connectivity index (χ1n) is 9.73. The molecule has 1 heterocycles. The van der Waals surface area contributed by atoms with E-state index in [2.05, 4.69) is 40.1 Å². The highest BCUT2D eigenvalue weighted by Crippen LogP contribution is 2.38. The first-order chi connectivity index (χ1) is 14.3. The van der Waals surface area contributed by atoms with E-state index in [1.165, 1.54) is 5.56 Å². The molecule has 1 N–H and O–H groups in total. The molecule has 1 aromatic heterocycles. The molecular formula is C21H29BrN4O4. The largest absolute Gasteiger partial charge is 0.383 e. The van der Waals surface area contributed by atoms with Crippen molar-refractivity contribution in [1.29, 1.82) is 0 Å². The van der Waals surface area contributed by atoms with Crippen LogP contribution in [0.1, 0.15) is 31.0 Å². The van der Waals surface area contributed by atoms with E-state index in [1.54, 1.807) is 20.3 Å². The zero-order valence-electron chi connectivity index (χ0n) is 18.1. The summed E-state index contributed by atoms with van der Waals surface area (Å²) in [5.41, 5.74) is 2.97. The molecule has 30 heavy (non-hydrogen) atoms. The summed E-state index contributed by atoms with van der Waals surface area (Å²) in [6.45, 7) is 7.92. The molecule has 2 rings (SSSR count). The number of nitro groups is 1. The molecule has 0 fully saturated rings. The molecule has 0 bridgehead atoms. The lowest BCUT2D eigenvalue weighted by molar-refractivity contribution is -0.383. The van der Waals surface area contributed by atoms with Crippen molar-refractivity contribution in [1.82, 2.24) is 4.98 Å². The van der Waals surface area contributed by atoms with Crippen LogP contribution in [0.4, 0.5) is 22.9 Å². The van der Waals surface area contributed by atoms with Gasteiger partial charge in [0.25, 0.3) is 0 Å². The van der Waals surface area contributed by atoms with Crippen LogP contribution in [0, 0.1) is 17.0 Å². The van der Waals surface area contributed by atoms with E-state index in [4.69, 9.17) is 9.47 Å². The molecule has 0 aliphatic heterocycles. The Morgan fingerprint density at radius 3 is 2.33 bits per heavy atom. The van der Waals surface area contributed by atoms with E-state index in [1.807, 2.05) is 30.0 Å². The lowest BCUT2D eigenvalue weighted by Gasteiger charge is -2.25. The fraction of sp³-hybridized carbons (Fsp3) is 0.476. The monoisotopic (exact) mass is 480 g/mol. The van der Waals surface area contributed by atoms with Crippen molar-refractivity contribution in [3.8, 4) is 0 Å². The quantitative estimate of drug-likeness (QED) is 0.356. The molecule has 0 saturated heterocycles. The van der Waals surface area contributed by atoms with Crippen molar-refractivity contribution in [2.24, 2.45) is 0 Å². The molecule has 0 radical (unpaired) electrons. The minimum absolute atomic E-state index is 0.0763. The first kappa shape index (κ1) is 24.0. The summed E-state index contributed by atoms with van der Waals surface area (Å²) < 4.78 is 11.2. The van der Waals surface area contributed by atoms with Gasteiger partial charge in [0.15, 0.2) is 0 Å². The van der Waals surface area contributed by atoms with Gasteiger partial charge in [0, 0.05) is 37.5 Å². The number of aromatic nitrogens is 1. The third-order valence-corrected chi connectivity index (χ3v) is 5.32. The molecule has 1 aromatic carbocycles. The SMILES string of the molecule is COCCN(CCOC)c1cc(C)nc(Nc2ccc(C(C)C)cc2Br)c1[N+](=O)[O-]. The zero-order valence-corrected chi connectivity index (χ0v) is 19.7. The number of hydrogen-bond acceptors (Lipinski definition) is 7. The summed E-state index contributed by atoms with van der Waals surface area (Å²) in [5, 5.41) is 15.2. The van der Waals surface area contributed by atoms with Gasteiger partial charge in [-0.3, -0.25) is 10.1 Å². The lowest BCUT2D eigenvalue weighted by Crippen LogP contribution is -2.31. The van der Waals surface area contributed by atoms with Crippen LogP contribution in [0.25, 0.3) is 0 Å². The third-order valence-electron chi connectivity index (χ3n) is 4.67. The minimum atomic E-state index is -0.396. The highest BCUT2D eigenvalue weighted by atomic mass is 79.9. The Labute approximate surface area is 185 Å². The number of benzene rings is 1. The summed E-state index contributed by atoms with van der Waals surface area (Å²) in [6.07, 6.45) is 0. The molecule has 0 amide bonds. The molecule has 0 atom stereocenters. The number of ether oxygens (including phenoxy) is 2. The van der Waals surface area contributed by atoms with Crippen molar-refractivity contribution in [2.45, 2.75) is 26.7 Å². The average Bonchev–Trinajstić information content (AvgIpc) is 2.68. The summed E-state index contributed by atoms with van der Waals surface area (Å²) >= 11 is 3.57. The molecule has 8 nitrogen and oxygen atoms in total. The molecule has 9 heteroatoms. The molecular weight excluding hydrogens is 452 g/mol.